The predicted molar refractivity (Wildman–Crippen MR) is 55.4 cm³/mol. The third-order valence-electron chi connectivity index (χ3n) is 1.98. The fraction of sp³-hybridized carbons (Fsp3) is 0.200. The van der Waals surface area contributed by atoms with Crippen molar-refractivity contribution >= 4 is 17.4 Å². The lowest BCUT2D eigenvalue weighted by molar-refractivity contribution is -0.138. The lowest BCUT2D eigenvalue weighted by atomic mass is 10.2. The minimum Gasteiger partial charge on any atom is -0.480 e. The van der Waals surface area contributed by atoms with E-state index in [1.165, 1.54) is 0 Å². The van der Waals surface area contributed by atoms with Crippen LogP contribution in [0.2, 0.25) is 0 Å². The summed E-state index contributed by atoms with van der Waals surface area (Å²) in [5.74, 6) is -1.55. The maximum absolute atomic E-state index is 11.6. The molecule has 0 unspecified atom stereocenters. The second-order valence-electron chi connectivity index (χ2n) is 3.16. The van der Waals surface area contributed by atoms with Gasteiger partial charge in [-0.05, 0) is 12.1 Å². The molecule has 0 aliphatic heterocycles. The molecule has 5 nitrogen and oxygen atoms in total. The Balaban J connectivity index is 2.78. The van der Waals surface area contributed by atoms with E-state index in [-0.39, 0.29) is 12.2 Å². The van der Waals surface area contributed by atoms with Crippen LogP contribution in [0, 0.1) is 0 Å². The van der Waals surface area contributed by atoms with Gasteiger partial charge in [0.05, 0.1) is 0 Å². The van der Waals surface area contributed by atoms with Crippen molar-refractivity contribution in [3.8, 4) is 0 Å². The summed E-state index contributed by atoms with van der Waals surface area (Å²) in [4.78, 5) is 22.0. The maximum atomic E-state index is 11.6. The molecule has 0 bridgehead atoms. The van der Waals surface area contributed by atoms with Crippen molar-refractivity contribution in [2.75, 3.05) is 5.73 Å². The number of para-hydroxylation sites is 1. The molecular weight excluding hydrogens is 201 g/mol. The highest BCUT2D eigenvalue weighted by Crippen LogP contribution is 2.13. The molecule has 0 spiro atoms. The SMILES string of the molecule is N[13C@H]([13CH2][13C](=O)c1ccccc1[15NH2])[13C](=O)O. The zero-order valence-electron chi connectivity index (χ0n) is 8.01. The Morgan fingerprint density at radius 3 is 2.47 bits per heavy atom. The third-order valence-corrected chi connectivity index (χ3v) is 1.98. The highest BCUT2D eigenvalue weighted by atomic mass is 16.5. The molecule has 0 aromatic heterocycles. The van der Waals surface area contributed by atoms with Gasteiger partial charge in [-0.3, -0.25) is 9.59 Å². The number of aliphatic carboxylic acids is 1. The minimum atomic E-state index is -1.20. The Morgan fingerprint density at radius 1 is 1.33 bits per heavy atom. The fourth-order valence-electron chi connectivity index (χ4n) is 1.15. The highest BCUT2D eigenvalue weighted by molar-refractivity contribution is 6.02. The van der Waals surface area contributed by atoms with E-state index in [1.54, 1.807) is 24.3 Å². The molecule has 1 rings (SSSR count). The van der Waals surface area contributed by atoms with Gasteiger partial charge < -0.3 is 16.6 Å². The van der Waals surface area contributed by atoms with Gasteiger partial charge in [-0.2, -0.15) is 0 Å². The molecule has 0 amide bonds. The molecule has 0 aliphatic carbocycles. The average molecular weight is 213 g/mol. The number of carbonyl (C=O) groups excluding carboxylic acids is 1. The monoisotopic (exact) mass is 213 g/mol. The van der Waals surface area contributed by atoms with Crippen molar-refractivity contribution in [1.29, 1.82) is 0 Å². The first-order valence-corrected chi connectivity index (χ1v) is 4.38. The van der Waals surface area contributed by atoms with E-state index in [2.05, 4.69) is 0 Å². The van der Waals surface area contributed by atoms with Crippen LogP contribution in [-0.2, 0) is 4.79 Å². The van der Waals surface area contributed by atoms with Gasteiger partial charge in [0.1, 0.15) is 6.04 Å². The second kappa shape index (κ2) is 4.56. The molecule has 1 aromatic rings. The van der Waals surface area contributed by atoms with Crippen LogP contribution >= 0.6 is 0 Å². The number of anilines is 1. The Labute approximate surface area is 86.7 Å². The van der Waals surface area contributed by atoms with Crippen molar-refractivity contribution in [2.24, 2.45) is 5.73 Å². The number of hydrogen-bond acceptors (Lipinski definition) is 4. The molecule has 0 radical (unpaired) electrons. The van der Waals surface area contributed by atoms with Crippen LogP contribution < -0.4 is 11.5 Å². The number of benzene rings is 1. The van der Waals surface area contributed by atoms with Crippen LogP contribution in [0.3, 0.4) is 0 Å². The van der Waals surface area contributed by atoms with E-state index in [0.717, 1.165) is 0 Å². The summed E-state index contributed by atoms with van der Waals surface area (Å²) in [6.45, 7) is 0. The summed E-state index contributed by atoms with van der Waals surface area (Å²) in [6.07, 6.45) is -0.246. The van der Waals surface area contributed by atoms with Crippen LogP contribution in [0.15, 0.2) is 24.3 Å². The highest BCUT2D eigenvalue weighted by Gasteiger charge is 2.18. The van der Waals surface area contributed by atoms with E-state index in [9.17, 15) is 9.59 Å². The molecule has 0 saturated carbocycles. The van der Waals surface area contributed by atoms with Crippen molar-refractivity contribution in [1.82, 2.24) is 0 Å². The van der Waals surface area contributed by atoms with Gasteiger partial charge in [0.15, 0.2) is 5.78 Å². The number of Topliss-reactive ketones (excluding diaryl/α,β-unsaturated/α-hetero) is 1. The summed E-state index contributed by atoms with van der Waals surface area (Å²) in [6, 6.07) is 5.31. The third kappa shape index (κ3) is 2.78. The average Bonchev–Trinajstić information content (AvgIpc) is 2.18. The molecule has 1 atom stereocenters. The standard InChI is InChI=1S/C10H12N2O3/c11-7-4-2-1-3-6(7)9(13)5-8(12)10(14)15/h1-4,8H,5,11-12H2,(H,14,15)/t8-/m1/s1/i5+1,8+1,9+1,10+1,11+1. The molecule has 80 valence electrons. The number of nitrogen functional groups attached to an aromatic ring is 1. The molecular formula is C10H12N2O3. The molecule has 0 saturated heterocycles. The minimum absolute atomic E-state index is 0.246. The van der Waals surface area contributed by atoms with Gasteiger partial charge in [0.25, 0.3) is 0 Å². The Hall–Kier alpha value is -1.88. The number of carboxylic acid groups (broad SMARTS) is 1. The first-order valence-electron chi connectivity index (χ1n) is 4.38. The van der Waals surface area contributed by atoms with Gasteiger partial charge >= 0.3 is 5.97 Å². The Bertz CT molecular complexity index is 390. The normalized spacial score (nSPS) is 12.1. The summed E-state index contributed by atoms with van der Waals surface area (Å²) in [5.41, 5.74) is 11.5. The van der Waals surface area contributed by atoms with E-state index < -0.39 is 12.0 Å². The van der Waals surface area contributed by atoms with Gasteiger partial charge in [-0.1, -0.05) is 12.1 Å². The Kier molecular flexibility index (Phi) is 3.41. The number of hydrogen-bond donors (Lipinski definition) is 3. The van der Waals surface area contributed by atoms with Crippen molar-refractivity contribution in [3.05, 3.63) is 29.8 Å². The van der Waals surface area contributed by atoms with Crippen molar-refractivity contribution < 1.29 is 14.7 Å². The summed E-state index contributed by atoms with van der Waals surface area (Å²) >= 11 is 0. The topological polar surface area (TPSA) is 106 Å². The van der Waals surface area contributed by atoms with E-state index in [4.69, 9.17) is 16.6 Å². The lowest BCUT2D eigenvalue weighted by Crippen LogP contribution is -2.32. The lowest BCUT2D eigenvalue weighted by Gasteiger charge is -2.07. The smallest absolute Gasteiger partial charge is 0.320 e. The molecule has 15 heavy (non-hydrogen) atoms. The second-order valence-corrected chi connectivity index (χ2v) is 3.16. The summed E-state index contributed by atoms with van der Waals surface area (Å²) < 4.78 is 0. The summed E-state index contributed by atoms with van der Waals surface area (Å²) in [7, 11) is 0. The van der Waals surface area contributed by atoms with Gasteiger partial charge in [0.2, 0.25) is 0 Å². The fourth-order valence-corrected chi connectivity index (χ4v) is 1.15. The number of ketones is 1. The first-order chi connectivity index (χ1) is 7.02. The van der Waals surface area contributed by atoms with Crippen molar-refractivity contribution in [3.63, 3.8) is 0 Å². The van der Waals surface area contributed by atoms with Gasteiger partial charge in [-0.15, -0.1) is 0 Å². The first kappa shape index (κ1) is 11.2. The van der Waals surface area contributed by atoms with Crippen LogP contribution in [-0.4, -0.2) is 22.9 Å². The zero-order valence-corrected chi connectivity index (χ0v) is 8.01. The largest absolute Gasteiger partial charge is 0.480 e. The Morgan fingerprint density at radius 2 is 1.93 bits per heavy atom. The van der Waals surface area contributed by atoms with Crippen LogP contribution in [0.4, 0.5) is 5.69 Å². The molecule has 5 heteroatoms. The van der Waals surface area contributed by atoms with E-state index in [0.29, 0.717) is 11.3 Å². The van der Waals surface area contributed by atoms with Crippen LogP contribution in [0.5, 0.6) is 0 Å². The molecule has 0 heterocycles. The number of carboxylic acids is 1. The number of carbonyl (C=O) groups is 2. The van der Waals surface area contributed by atoms with Gasteiger partial charge in [-0.25, -0.2) is 0 Å². The number of nitrogens with two attached hydrogens (primary N) is 2. The summed E-state index contributed by atoms with van der Waals surface area (Å²) in [5, 5.41) is 8.54. The molecule has 1 aromatic carbocycles. The molecule has 5 N–H and O–H groups in total. The van der Waals surface area contributed by atoms with E-state index >= 15 is 0 Å². The van der Waals surface area contributed by atoms with E-state index in [1.807, 2.05) is 0 Å². The predicted octanol–water partition coefficient (Wildman–Crippen LogP) is 0.254. The maximum Gasteiger partial charge on any atom is 0.320 e. The van der Waals surface area contributed by atoms with Gasteiger partial charge in [0, 0.05) is 17.7 Å². The quantitative estimate of drug-likeness (QED) is 0.288. The van der Waals surface area contributed by atoms with Crippen molar-refractivity contribution in [2.45, 2.75) is 12.5 Å². The van der Waals surface area contributed by atoms with Crippen LogP contribution in [0.1, 0.15) is 16.8 Å². The molecule has 0 fully saturated rings. The zero-order chi connectivity index (χ0) is 11.4. The number of rotatable bonds is 4. The van der Waals surface area contributed by atoms with Crippen LogP contribution in [0.25, 0.3) is 0 Å². The molecule has 0 aliphatic rings.